The number of hydrogen-bond donors (Lipinski definition) is 1. The van der Waals surface area contributed by atoms with Gasteiger partial charge in [-0.15, -0.1) is 0 Å². The minimum atomic E-state index is -0.190. The van der Waals surface area contributed by atoms with Crippen molar-refractivity contribution >= 4 is 5.91 Å². The van der Waals surface area contributed by atoms with Gasteiger partial charge in [-0.25, -0.2) is 4.98 Å². The first kappa shape index (κ1) is 16.6. The molecule has 0 saturated carbocycles. The fourth-order valence-electron chi connectivity index (χ4n) is 2.45. The molecule has 2 aromatic carbocycles. The highest BCUT2D eigenvalue weighted by atomic mass is 16.5. The number of hydrogen-bond acceptors (Lipinski definition) is 5. The Morgan fingerprint density at radius 2 is 2.04 bits per heavy atom. The highest BCUT2D eigenvalue weighted by Crippen LogP contribution is 2.30. The van der Waals surface area contributed by atoms with Crippen molar-refractivity contribution in [2.24, 2.45) is 0 Å². The molecule has 0 aliphatic rings. The summed E-state index contributed by atoms with van der Waals surface area (Å²) in [4.78, 5) is 16.3. The zero-order valence-electron chi connectivity index (χ0n) is 14.0. The summed E-state index contributed by atoms with van der Waals surface area (Å²) in [7, 11) is 3.16. The van der Waals surface area contributed by atoms with Crippen LogP contribution in [0, 0.1) is 0 Å². The molecule has 0 unspecified atom stereocenters. The minimum absolute atomic E-state index is 0.190. The summed E-state index contributed by atoms with van der Waals surface area (Å²) in [6.45, 7) is 0.405. The molecule has 3 rings (SSSR count). The molecule has 0 fully saturated rings. The fraction of sp³-hybridized carbons (Fsp3) is 0.158. The number of methoxy groups -OCH3 is 2. The smallest absolute Gasteiger partial charge is 0.251 e. The van der Waals surface area contributed by atoms with Gasteiger partial charge in [0, 0.05) is 12.1 Å². The number of benzene rings is 2. The van der Waals surface area contributed by atoms with Crippen molar-refractivity contribution in [1.82, 2.24) is 10.3 Å². The molecule has 0 aliphatic carbocycles. The lowest BCUT2D eigenvalue weighted by Gasteiger charge is -2.10. The molecule has 1 heterocycles. The molecule has 128 valence electrons. The van der Waals surface area contributed by atoms with Gasteiger partial charge in [-0.1, -0.05) is 12.1 Å². The van der Waals surface area contributed by atoms with E-state index in [1.165, 1.54) is 6.39 Å². The number of carbonyl (C=O) groups is 1. The summed E-state index contributed by atoms with van der Waals surface area (Å²) < 4.78 is 15.8. The molecule has 0 aliphatic heterocycles. The summed E-state index contributed by atoms with van der Waals surface area (Å²) in [6.07, 6.45) is 2.95. The van der Waals surface area contributed by atoms with Gasteiger partial charge in [0.1, 0.15) is 11.5 Å². The maximum atomic E-state index is 12.4. The van der Waals surface area contributed by atoms with Crippen LogP contribution in [0.25, 0.3) is 11.3 Å². The monoisotopic (exact) mass is 338 g/mol. The van der Waals surface area contributed by atoms with Gasteiger partial charge < -0.3 is 19.2 Å². The van der Waals surface area contributed by atoms with E-state index >= 15 is 0 Å². The van der Waals surface area contributed by atoms with Crippen LogP contribution in [-0.4, -0.2) is 25.1 Å². The van der Waals surface area contributed by atoms with Crippen molar-refractivity contribution in [3.8, 4) is 22.8 Å². The Bertz CT molecular complexity index is 860. The van der Waals surface area contributed by atoms with Crippen LogP contribution in [-0.2, 0) is 6.54 Å². The first-order valence-corrected chi connectivity index (χ1v) is 7.69. The SMILES string of the molecule is COc1cccc(CNC(=O)c2ccc(-c3cnco3)c(OC)c2)c1. The van der Waals surface area contributed by atoms with Gasteiger partial charge in [-0.3, -0.25) is 4.79 Å². The average molecular weight is 338 g/mol. The summed E-state index contributed by atoms with van der Waals surface area (Å²) in [6, 6.07) is 12.7. The number of rotatable bonds is 6. The Kier molecular flexibility index (Phi) is 4.99. The maximum absolute atomic E-state index is 12.4. The lowest BCUT2D eigenvalue weighted by atomic mass is 10.1. The van der Waals surface area contributed by atoms with Crippen LogP contribution in [0.4, 0.5) is 0 Å². The van der Waals surface area contributed by atoms with Crippen LogP contribution < -0.4 is 14.8 Å². The molecule has 1 aromatic heterocycles. The van der Waals surface area contributed by atoms with Crippen molar-refractivity contribution in [2.75, 3.05) is 14.2 Å². The largest absolute Gasteiger partial charge is 0.497 e. The first-order chi connectivity index (χ1) is 12.2. The van der Waals surface area contributed by atoms with E-state index in [2.05, 4.69) is 10.3 Å². The number of nitrogens with one attached hydrogen (secondary N) is 1. The van der Waals surface area contributed by atoms with E-state index in [-0.39, 0.29) is 5.91 Å². The third kappa shape index (κ3) is 3.80. The number of ether oxygens (including phenoxy) is 2. The van der Waals surface area contributed by atoms with Crippen molar-refractivity contribution < 1.29 is 18.7 Å². The molecule has 0 bridgehead atoms. The van der Waals surface area contributed by atoms with Crippen LogP contribution in [0.2, 0.25) is 0 Å². The van der Waals surface area contributed by atoms with E-state index in [0.29, 0.717) is 23.6 Å². The summed E-state index contributed by atoms with van der Waals surface area (Å²) in [5, 5.41) is 2.89. The van der Waals surface area contributed by atoms with Crippen LogP contribution in [0.15, 0.2) is 59.5 Å². The Morgan fingerprint density at radius 3 is 2.76 bits per heavy atom. The molecule has 25 heavy (non-hydrogen) atoms. The average Bonchev–Trinajstić information content (AvgIpc) is 3.20. The van der Waals surface area contributed by atoms with Gasteiger partial charge in [-0.05, 0) is 35.9 Å². The third-order valence-corrected chi connectivity index (χ3v) is 3.75. The van der Waals surface area contributed by atoms with E-state index in [9.17, 15) is 4.79 Å². The molecular weight excluding hydrogens is 320 g/mol. The van der Waals surface area contributed by atoms with Gasteiger partial charge >= 0.3 is 0 Å². The zero-order chi connectivity index (χ0) is 17.6. The minimum Gasteiger partial charge on any atom is -0.497 e. The summed E-state index contributed by atoms with van der Waals surface area (Å²) >= 11 is 0. The quantitative estimate of drug-likeness (QED) is 0.746. The summed E-state index contributed by atoms with van der Waals surface area (Å²) in [5.74, 6) is 1.70. The molecule has 0 saturated heterocycles. The molecule has 1 amide bonds. The Labute approximate surface area is 145 Å². The standard InChI is InChI=1S/C19H18N2O4/c1-23-15-5-3-4-13(8-15)10-21-19(22)14-6-7-16(17(9-14)24-2)18-11-20-12-25-18/h3-9,11-12H,10H2,1-2H3,(H,21,22). The molecule has 0 radical (unpaired) electrons. The number of carbonyl (C=O) groups excluding carboxylic acids is 1. The van der Waals surface area contributed by atoms with Crippen LogP contribution >= 0.6 is 0 Å². The van der Waals surface area contributed by atoms with Crippen LogP contribution in [0.5, 0.6) is 11.5 Å². The zero-order valence-corrected chi connectivity index (χ0v) is 14.0. The molecule has 1 N–H and O–H groups in total. The Hall–Kier alpha value is -3.28. The lowest BCUT2D eigenvalue weighted by molar-refractivity contribution is 0.0950. The predicted octanol–water partition coefficient (Wildman–Crippen LogP) is 3.29. The van der Waals surface area contributed by atoms with Gasteiger partial charge in [0.25, 0.3) is 5.91 Å². The highest BCUT2D eigenvalue weighted by molar-refractivity contribution is 5.95. The van der Waals surface area contributed by atoms with E-state index in [1.807, 2.05) is 24.3 Å². The molecule has 0 spiro atoms. The van der Waals surface area contributed by atoms with Gasteiger partial charge in [0.05, 0.1) is 26.0 Å². The first-order valence-electron chi connectivity index (χ1n) is 7.69. The topological polar surface area (TPSA) is 73.6 Å². The molecule has 3 aromatic rings. The van der Waals surface area contributed by atoms with Crippen molar-refractivity contribution in [2.45, 2.75) is 6.54 Å². The normalized spacial score (nSPS) is 10.3. The lowest BCUT2D eigenvalue weighted by Crippen LogP contribution is -2.22. The van der Waals surface area contributed by atoms with Crippen molar-refractivity contribution in [1.29, 1.82) is 0 Å². The van der Waals surface area contributed by atoms with Crippen molar-refractivity contribution in [3.63, 3.8) is 0 Å². The summed E-state index contributed by atoms with van der Waals surface area (Å²) in [5.41, 5.74) is 2.20. The Balaban J connectivity index is 1.73. The van der Waals surface area contributed by atoms with Gasteiger partial charge in [-0.2, -0.15) is 0 Å². The number of nitrogens with zero attached hydrogens (tertiary/aromatic N) is 1. The second kappa shape index (κ2) is 7.53. The highest BCUT2D eigenvalue weighted by Gasteiger charge is 2.13. The third-order valence-electron chi connectivity index (χ3n) is 3.75. The van der Waals surface area contributed by atoms with Crippen molar-refractivity contribution in [3.05, 3.63) is 66.2 Å². The van der Waals surface area contributed by atoms with Gasteiger partial charge in [0.2, 0.25) is 0 Å². The van der Waals surface area contributed by atoms with Crippen LogP contribution in [0.3, 0.4) is 0 Å². The second-order valence-electron chi connectivity index (χ2n) is 5.31. The number of oxazole rings is 1. The van der Waals surface area contributed by atoms with E-state index in [0.717, 1.165) is 16.9 Å². The molecule has 6 heteroatoms. The molecular formula is C19H18N2O4. The Morgan fingerprint density at radius 1 is 1.16 bits per heavy atom. The predicted molar refractivity (Wildman–Crippen MR) is 92.7 cm³/mol. The maximum Gasteiger partial charge on any atom is 0.251 e. The van der Waals surface area contributed by atoms with E-state index in [4.69, 9.17) is 13.9 Å². The van der Waals surface area contributed by atoms with Gasteiger partial charge in [0.15, 0.2) is 12.2 Å². The fourth-order valence-corrected chi connectivity index (χ4v) is 2.45. The second-order valence-corrected chi connectivity index (χ2v) is 5.31. The number of amides is 1. The van der Waals surface area contributed by atoms with Crippen LogP contribution in [0.1, 0.15) is 15.9 Å². The van der Waals surface area contributed by atoms with E-state index < -0.39 is 0 Å². The molecule has 6 nitrogen and oxygen atoms in total. The molecule has 0 atom stereocenters. The van der Waals surface area contributed by atoms with E-state index in [1.54, 1.807) is 38.6 Å². The number of aromatic nitrogens is 1.